The molecular formula is C22H24ClFN4O3S2. The first-order valence-corrected chi connectivity index (χ1v) is 13.4. The number of rotatable bonds is 7. The average Bonchev–Trinajstić information content (AvgIpc) is 3.24. The van der Waals surface area contributed by atoms with Crippen molar-refractivity contribution in [2.24, 2.45) is 0 Å². The van der Waals surface area contributed by atoms with Crippen molar-refractivity contribution in [3.63, 3.8) is 0 Å². The molecule has 0 aliphatic carbocycles. The van der Waals surface area contributed by atoms with E-state index in [0.29, 0.717) is 13.1 Å². The first kappa shape index (κ1) is 23.9. The zero-order valence-electron chi connectivity index (χ0n) is 18.1. The Bertz CT molecular complexity index is 1220. The minimum absolute atomic E-state index is 0.0681. The number of anilines is 1. The number of nitrogens with zero attached hydrogens (tertiary/aromatic N) is 3. The second-order valence-electron chi connectivity index (χ2n) is 7.93. The highest BCUT2D eigenvalue weighted by Crippen LogP contribution is 2.35. The van der Waals surface area contributed by atoms with Gasteiger partial charge in [-0.1, -0.05) is 29.0 Å². The maximum Gasteiger partial charge on any atom is 0.235 e. The molecule has 0 radical (unpaired) electrons. The average molecular weight is 511 g/mol. The number of aryl methyl sites for hydroxylation is 1. The summed E-state index contributed by atoms with van der Waals surface area (Å²) in [5.74, 6) is -1.76. The number of halogens is 2. The molecule has 1 fully saturated rings. The molecule has 11 heteroatoms. The van der Waals surface area contributed by atoms with Crippen LogP contribution in [0.5, 0.6) is 0 Å². The minimum atomic E-state index is -3.80. The molecule has 2 aromatic carbocycles. The third-order valence-electron chi connectivity index (χ3n) is 5.57. The summed E-state index contributed by atoms with van der Waals surface area (Å²) >= 11 is 7.93. The molecule has 1 saturated heterocycles. The Balaban J connectivity index is 1.24. The van der Waals surface area contributed by atoms with Crippen molar-refractivity contribution in [1.29, 1.82) is 0 Å². The van der Waals surface area contributed by atoms with Crippen LogP contribution in [-0.4, -0.2) is 69.2 Å². The number of amides is 1. The highest BCUT2D eigenvalue weighted by Gasteiger charge is 2.22. The van der Waals surface area contributed by atoms with Crippen molar-refractivity contribution in [2.75, 3.05) is 49.9 Å². The van der Waals surface area contributed by atoms with Crippen molar-refractivity contribution >= 4 is 54.0 Å². The summed E-state index contributed by atoms with van der Waals surface area (Å²) in [5.41, 5.74) is 2.05. The van der Waals surface area contributed by atoms with E-state index in [1.165, 1.54) is 0 Å². The van der Waals surface area contributed by atoms with Crippen LogP contribution in [0.4, 0.5) is 9.52 Å². The van der Waals surface area contributed by atoms with Crippen LogP contribution in [0, 0.1) is 12.7 Å². The standard InChI is InChI=1S/C22H24ClFN4O3S2/c1-15-2-7-18(23)21-20(15)26-22(32-21)28-12-10-27(11-13-28)9-8-25-19(29)14-33(30,31)17-5-3-16(24)4-6-17/h2-7H,8-14H2,1H3,(H,25,29). The van der Waals surface area contributed by atoms with Crippen LogP contribution in [0.15, 0.2) is 41.3 Å². The zero-order chi connectivity index (χ0) is 23.6. The molecule has 0 bridgehead atoms. The van der Waals surface area contributed by atoms with Crippen LogP contribution in [-0.2, 0) is 14.6 Å². The highest BCUT2D eigenvalue weighted by molar-refractivity contribution is 7.92. The van der Waals surface area contributed by atoms with Crippen molar-refractivity contribution in [1.82, 2.24) is 15.2 Å². The van der Waals surface area contributed by atoms with Gasteiger partial charge >= 0.3 is 0 Å². The van der Waals surface area contributed by atoms with Gasteiger partial charge in [-0.15, -0.1) is 0 Å². The van der Waals surface area contributed by atoms with E-state index < -0.39 is 27.3 Å². The molecule has 2 heterocycles. The van der Waals surface area contributed by atoms with E-state index in [-0.39, 0.29) is 4.90 Å². The van der Waals surface area contributed by atoms with Gasteiger partial charge in [-0.05, 0) is 42.8 Å². The SMILES string of the molecule is Cc1ccc(Cl)c2sc(N3CCN(CCNC(=O)CS(=O)(=O)c4ccc(F)cc4)CC3)nc12. The molecule has 0 atom stereocenters. The van der Waals surface area contributed by atoms with Crippen LogP contribution in [0.1, 0.15) is 5.56 Å². The molecular weight excluding hydrogens is 487 g/mol. The molecule has 0 unspecified atom stereocenters. The summed E-state index contributed by atoms with van der Waals surface area (Å²) < 4.78 is 38.6. The number of thiazole rings is 1. The van der Waals surface area contributed by atoms with Gasteiger partial charge < -0.3 is 10.2 Å². The molecule has 3 aromatic rings. The number of nitrogens with one attached hydrogen (secondary N) is 1. The van der Waals surface area contributed by atoms with E-state index in [9.17, 15) is 17.6 Å². The van der Waals surface area contributed by atoms with Crippen molar-refractivity contribution < 1.29 is 17.6 Å². The lowest BCUT2D eigenvalue weighted by atomic mass is 10.2. The Morgan fingerprint density at radius 1 is 1.15 bits per heavy atom. The number of carbonyl (C=O) groups is 1. The highest BCUT2D eigenvalue weighted by atomic mass is 35.5. The first-order valence-electron chi connectivity index (χ1n) is 10.5. The number of carbonyl (C=O) groups excluding carboxylic acids is 1. The fourth-order valence-corrected chi connectivity index (χ4v) is 6.22. The molecule has 7 nitrogen and oxygen atoms in total. The number of sulfone groups is 1. The molecule has 1 aromatic heterocycles. The smallest absolute Gasteiger partial charge is 0.235 e. The quantitative estimate of drug-likeness (QED) is 0.492. The molecule has 0 spiro atoms. The van der Waals surface area contributed by atoms with Crippen molar-refractivity contribution in [2.45, 2.75) is 11.8 Å². The summed E-state index contributed by atoms with van der Waals surface area (Å²) in [7, 11) is -3.80. The molecule has 1 amide bonds. The molecule has 1 aliphatic heterocycles. The predicted octanol–water partition coefficient (Wildman–Crippen LogP) is 3.11. The number of hydrogen-bond acceptors (Lipinski definition) is 7. The van der Waals surface area contributed by atoms with E-state index in [4.69, 9.17) is 16.6 Å². The summed E-state index contributed by atoms with van der Waals surface area (Å²) in [4.78, 5) is 21.3. The van der Waals surface area contributed by atoms with Crippen LogP contribution in [0.25, 0.3) is 10.2 Å². The predicted molar refractivity (Wildman–Crippen MR) is 129 cm³/mol. The molecule has 4 rings (SSSR count). The lowest BCUT2D eigenvalue weighted by molar-refractivity contribution is -0.118. The molecule has 176 valence electrons. The minimum Gasteiger partial charge on any atom is -0.354 e. The van der Waals surface area contributed by atoms with Gasteiger partial charge in [0.25, 0.3) is 0 Å². The summed E-state index contributed by atoms with van der Waals surface area (Å²) in [6, 6.07) is 8.34. The molecule has 1 N–H and O–H groups in total. The Kier molecular flexibility index (Phi) is 7.18. The maximum absolute atomic E-state index is 13.0. The first-order chi connectivity index (χ1) is 15.7. The summed E-state index contributed by atoms with van der Waals surface area (Å²) in [6.45, 7) is 6.25. The van der Waals surface area contributed by atoms with Crippen molar-refractivity contribution in [3.8, 4) is 0 Å². The second kappa shape index (κ2) is 9.92. The fraction of sp³-hybridized carbons (Fsp3) is 0.364. The monoisotopic (exact) mass is 510 g/mol. The Morgan fingerprint density at radius 2 is 1.85 bits per heavy atom. The summed E-state index contributed by atoms with van der Waals surface area (Å²) in [5, 5.41) is 4.34. The zero-order valence-corrected chi connectivity index (χ0v) is 20.4. The number of benzene rings is 2. The number of aromatic nitrogens is 1. The van der Waals surface area contributed by atoms with Crippen LogP contribution in [0.3, 0.4) is 0 Å². The largest absolute Gasteiger partial charge is 0.354 e. The Morgan fingerprint density at radius 3 is 2.52 bits per heavy atom. The topological polar surface area (TPSA) is 82.6 Å². The number of hydrogen-bond donors (Lipinski definition) is 1. The number of fused-ring (bicyclic) bond motifs is 1. The van der Waals surface area contributed by atoms with Gasteiger partial charge in [0.1, 0.15) is 11.6 Å². The third kappa shape index (κ3) is 5.63. The van der Waals surface area contributed by atoms with Crippen LogP contribution >= 0.6 is 22.9 Å². The van der Waals surface area contributed by atoms with Crippen LogP contribution in [0.2, 0.25) is 5.02 Å². The molecule has 1 aliphatic rings. The lowest BCUT2D eigenvalue weighted by Crippen LogP contribution is -2.48. The number of piperazine rings is 1. The third-order valence-corrected chi connectivity index (χ3v) is 8.78. The fourth-order valence-electron chi connectivity index (χ4n) is 3.69. The van der Waals surface area contributed by atoms with E-state index in [1.807, 2.05) is 19.1 Å². The van der Waals surface area contributed by atoms with Gasteiger partial charge in [-0.3, -0.25) is 9.69 Å². The van der Waals surface area contributed by atoms with E-state index in [2.05, 4.69) is 15.1 Å². The normalized spacial score (nSPS) is 15.2. The Labute approximate surface area is 201 Å². The Hall–Kier alpha value is -2.27. The van der Waals surface area contributed by atoms with Crippen molar-refractivity contribution in [3.05, 3.63) is 52.8 Å². The van der Waals surface area contributed by atoms with Gasteiger partial charge in [-0.2, -0.15) is 0 Å². The van der Waals surface area contributed by atoms with Gasteiger partial charge in [0.15, 0.2) is 15.0 Å². The van der Waals surface area contributed by atoms with Gasteiger partial charge in [0.2, 0.25) is 5.91 Å². The van der Waals surface area contributed by atoms with E-state index in [1.54, 1.807) is 11.3 Å². The van der Waals surface area contributed by atoms with E-state index >= 15 is 0 Å². The van der Waals surface area contributed by atoms with Gasteiger partial charge in [0.05, 0.1) is 20.1 Å². The van der Waals surface area contributed by atoms with Gasteiger partial charge in [-0.25, -0.2) is 17.8 Å². The lowest BCUT2D eigenvalue weighted by Gasteiger charge is -2.34. The van der Waals surface area contributed by atoms with Crippen LogP contribution < -0.4 is 10.2 Å². The molecule has 33 heavy (non-hydrogen) atoms. The second-order valence-corrected chi connectivity index (χ2v) is 11.3. The molecule has 0 saturated carbocycles. The summed E-state index contributed by atoms with van der Waals surface area (Å²) in [6.07, 6.45) is 0. The van der Waals surface area contributed by atoms with Gasteiger partial charge in [0, 0.05) is 39.3 Å². The van der Waals surface area contributed by atoms with E-state index in [0.717, 1.165) is 76.4 Å². The maximum atomic E-state index is 13.0.